The van der Waals surface area contributed by atoms with E-state index in [2.05, 4.69) is 303 Å². The lowest BCUT2D eigenvalue weighted by molar-refractivity contribution is -0.00345. The summed E-state index contributed by atoms with van der Waals surface area (Å²) in [6, 6.07) is 29.2. The summed E-state index contributed by atoms with van der Waals surface area (Å²) >= 11 is 45.0. The lowest BCUT2D eigenvalue weighted by atomic mass is 9.86. The number of hydrogen-bond donors (Lipinski definition) is 0. The highest BCUT2D eigenvalue weighted by atomic mass is 79.9. The van der Waals surface area contributed by atoms with Crippen molar-refractivity contribution in [3.63, 3.8) is 0 Å². The molecule has 0 atom stereocenters. The summed E-state index contributed by atoms with van der Waals surface area (Å²) in [4.78, 5) is 11.3. The molecule has 0 spiro atoms. The molecule has 0 N–H and O–H groups in total. The Kier molecular flexibility index (Phi) is 21.7. The predicted molar refractivity (Wildman–Crippen MR) is 372 cm³/mol. The normalized spacial score (nSPS) is 11.2. The van der Waals surface area contributed by atoms with Crippen LogP contribution in [0, 0.1) is 35.5 Å². The van der Waals surface area contributed by atoms with E-state index in [0.717, 1.165) is 43.5 Å². The third-order valence-electron chi connectivity index (χ3n) is 12.6. The van der Waals surface area contributed by atoms with Crippen molar-refractivity contribution >= 4 is 208 Å². The minimum atomic E-state index is -0.110. The number of rotatable bonds is 6. The summed E-state index contributed by atoms with van der Waals surface area (Å²) in [7, 11) is 0. The van der Waals surface area contributed by atoms with Crippen LogP contribution < -0.4 is 0 Å². The molecule has 18 heteroatoms. The smallest absolute Gasteiger partial charge is 0.334 e. The third-order valence-corrected chi connectivity index (χ3v) is 20.1. The first-order chi connectivity index (χ1) is 37.8. The van der Waals surface area contributed by atoms with E-state index in [-0.39, 0.29) is 16.2 Å². The number of halogens is 12. The van der Waals surface area contributed by atoms with Gasteiger partial charge in [-0.2, -0.15) is 14.4 Å². The highest BCUT2D eigenvalue weighted by Gasteiger charge is 2.32. The third kappa shape index (κ3) is 15.4. The molecule has 6 nitrogen and oxygen atoms in total. The second-order valence-corrected chi connectivity index (χ2v) is 31.8. The molecule has 0 heterocycles. The zero-order valence-corrected chi connectivity index (χ0v) is 63.4. The van der Waals surface area contributed by atoms with Crippen molar-refractivity contribution in [1.82, 2.24) is 0 Å². The summed E-state index contributed by atoms with van der Waals surface area (Å²) in [5.41, 5.74) is 43.4. The molecule has 0 aliphatic heterocycles. The van der Waals surface area contributed by atoms with Crippen LogP contribution in [-0.2, 0) is 16.2 Å². The van der Waals surface area contributed by atoms with Crippen LogP contribution >= 0.6 is 191 Å². The fourth-order valence-corrected chi connectivity index (χ4v) is 17.6. The van der Waals surface area contributed by atoms with Crippen LogP contribution in [0.5, 0.6) is 0 Å². The summed E-state index contributed by atoms with van der Waals surface area (Å²) in [5.74, 6) is 20.0. The van der Waals surface area contributed by atoms with E-state index in [4.69, 9.17) is 0 Å². The first kappa shape index (κ1) is 65.7. The highest BCUT2D eigenvalue weighted by molar-refractivity contribution is 9.12. The van der Waals surface area contributed by atoms with Crippen molar-refractivity contribution in [2.24, 2.45) is 0 Å². The van der Waals surface area contributed by atoms with Gasteiger partial charge in [0, 0.05) is 87.1 Å². The van der Waals surface area contributed by atoms with Crippen LogP contribution in [-0.4, -0.2) is 31.5 Å². The maximum Gasteiger partial charge on any atom is 0.334 e. The van der Waals surface area contributed by atoms with Gasteiger partial charge in [0.05, 0.1) is 33.4 Å². The fourth-order valence-electron chi connectivity index (χ4n) is 8.26. The Morgan fingerprint density at radius 1 is 0.259 bits per heavy atom. The molecule has 0 unspecified atom stereocenters. The second-order valence-electron chi connectivity index (χ2n) is 21.5. The fraction of sp³-hybridized carbons (Fsp3) is 0.190. The van der Waals surface area contributed by atoms with Crippen molar-refractivity contribution < 1.29 is 14.4 Å². The van der Waals surface area contributed by atoms with E-state index in [1.807, 2.05) is 91.0 Å². The maximum atomic E-state index is 10.5. The van der Waals surface area contributed by atoms with Crippen LogP contribution in [0.25, 0.3) is 16.6 Å². The predicted octanol–water partition coefficient (Wildman–Crippen LogP) is 22.1. The zero-order chi connectivity index (χ0) is 59.8. The van der Waals surface area contributed by atoms with Gasteiger partial charge in [-0.25, -0.2) is 0 Å². The van der Waals surface area contributed by atoms with Crippen LogP contribution in [0.4, 0.5) is 0 Å². The molecule has 408 valence electrons. The van der Waals surface area contributed by atoms with Crippen molar-refractivity contribution in [2.75, 3.05) is 0 Å². The van der Waals surface area contributed by atoms with E-state index in [1.165, 1.54) is 0 Å². The Morgan fingerprint density at radius 2 is 0.395 bits per heavy atom. The maximum absolute atomic E-state index is 10.5. The molecule has 0 saturated heterocycles. The van der Waals surface area contributed by atoms with E-state index < -0.39 is 0 Å². The summed E-state index contributed by atoms with van der Waals surface area (Å²) < 4.78 is 8.51. The monoisotopic (exact) mass is 1830 g/mol. The molecule has 0 aromatic heterocycles. The quantitative estimate of drug-likeness (QED) is 0.0684. The largest absolute Gasteiger partial charge is 0.361 e. The second kappa shape index (κ2) is 26.8. The van der Waals surface area contributed by atoms with E-state index >= 15 is 0 Å². The standard InChI is InChI=1S/C63H42Br12N6/c1-61(2,3)37-25-46(70)55(47(71)26-37)58(79-76)52-40(64)19-34(20-41(52)65)13-10-31-16-32(11-14-35-21-42(66)53(43(67)22-35)59(80-77)56-48(72)27-38(28-49(56)73)62(4,5)6)18-33(17-31)12-15-36-23-44(68)54(45(69)24-36)60(81-78)57-50(74)29-39(30-51(57)75)63(7,8)9/h16-30H,1-9H3. The minimum Gasteiger partial charge on any atom is -0.361 e. The van der Waals surface area contributed by atoms with E-state index in [1.54, 1.807) is 0 Å². The van der Waals surface area contributed by atoms with Crippen LogP contribution in [0.2, 0.25) is 0 Å². The van der Waals surface area contributed by atoms with Crippen molar-refractivity contribution in [1.29, 1.82) is 0 Å². The Morgan fingerprint density at radius 3 is 0.531 bits per heavy atom. The first-order valence-corrected chi connectivity index (χ1v) is 33.7. The van der Waals surface area contributed by atoms with Gasteiger partial charge in [0.25, 0.3) is 0 Å². The van der Waals surface area contributed by atoms with Crippen LogP contribution in [0.3, 0.4) is 0 Å². The Balaban J connectivity index is 1.31. The Labute approximate surface area is 574 Å². The number of hydrogen-bond acceptors (Lipinski definition) is 0. The van der Waals surface area contributed by atoms with Crippen molar-refractivity contribution in [3.05, 3.63) is 245 Å². The van der Waals surface area contributed by atoms with Crippen LogP contribution in [0.15, 0.2) is 145 Å². The van der Waals surface area contributed by atoms with Gasteiger partial charge in [0.15, 0.2) is 0 Å². The number of benzene rings is 7. The molecule has 0 aliphatic rings. The molecule has 7 aromatic rings. The average molecular weight is 1840 g/mol. The van der Waals surface area contributed by atoms with Gasteiger partial charge >= 0.3 is 17.1 Å². The molecular weight excluding hydrogens is 1800 g/mol. The Bertz CT molecular complexity index is 3610. The van der Waals surface area contributed by atoms with Gasteiger partial charge in [-0.3, -0.25) is 0 Å². The molecule has 0 bridgehead atoms. The molecule has 0 saturated carbocycles. The average Bonchev–Trinajstić information content (AvgIpc) is 3.35. The molecule has 0 aliphatic carbocycles. The van der Waals surface area contributed by atoms with Crippen LogP contribution in [0.1, 0.15) is 146 Å². The van der Waals surface area contributed by atoms with Gasteiger partial charge in [-0.05, 0) is 315 Å². The molecular formula is C63H42Br12N6. The summed E-state index contributed by atoms with van der Waals surface area (Å²) in [5, 5.41) is 0. The van der Waals surface area contributed by atoms with Gasteiger partial charge < -0.3 is 16.6 Å². The molecule has 0 amide bonds. The van der Waals surface area contributed by atoms with Gasteiger partial charge in [0.1, 0.15) is 0 Å². The van der Waals surface area contributed by atoms with Crippen molar-refractivity contribution in [2.45, 2.75) is 78.6 Å². The molecule has 0 fully saturated rings. The first-order valence-electron chi connectivity index (χ1n) is 24.2. The van der Waals surface area contributed by atoms with E-state index in [9.17, 15) is 16.6 Å². The SMILES string of the molecule is CC(C)(C)c1cc(Br)c(C(=[N+]=[N-])c2c(Br)cc(C#Cc3cc(C#Cc4cc(Br)c(C(=[N+]=[N-])c5c(Br)cc(C(C)(C)C)cc5Br)c(Br)c4)cc(C#Cc4cc(Br)c(C(=[N+]=[N-])c5c(Br)cc(C(C)(C)C)cc5Br)c(Br)c4)c3)cc2Br)c(Br)c1. The van der Waals surface area contributed by atoms with Gasteiger partial charge in [0.2, 0.25) is 0 Å². The Hall–Kier alpha value is -2.88. The van der Waals surface area contributed by atoms with Gasteiger partial charge in [-0.1, -0.05) is 97.8 Å². The zero-order valence-electron chi connectivity index (χ0n) is 44.4. The lowest BCUT2D eigenvalue weighted by Crippen LogP contribution is -2.14. The number of nitrogens with zero attached hydrogens (tertiary/aromatic N) is 6. The molecule has 81 heavy (non-hydrogen) atoms. The van der Waals surface area contributed by atoms with E-state index in [0.29, 0.717) is 111 Å². The topological polar surface area (TPSA) is 109 Å². The minimum absolute atomic E-state index is 0.110. The molecule has 0 radical (unpaired) electrons. The molecule has 7 rings (SSSR count). The summed E-state index contributed by atoms with van der Waals surface area (Å²) in [6.07, 6.45) is 0. The molecule has 7 aromatic carbocycles. The summed E-state index contributed by atoms with van der Waals surface area (Å²) in [6.45, 7) is 19.3. The lowest BCUT2D eigenvalue weighted by Gasteiger charge is -2.20. The van der Waals surface area contributed by atoms with Gasteiger partial charge in [-0.15, -0.1) is 0 Å². The van der Waals surface area contributed by atoms with Crippen molar-refractivity contribution in [3.8, 4) is 35.5 Å². The highest BCUT2D eigenvalue weighted by Crippen LogP contribution is 2.41.